The number of rotatable bonds is 6. The number of carbonyl (C=O) groups is 1. The lowest BCUT2D eigenvalue weighted by Gasteiger charge is -2.12. The lowest BCUT2D eigenvalue weighted by Crippen LogP contribution is -2.08. The highest BCUT2D eigenvalue weighted by Crippen LogP contribution is 2.27. The molecule has 0 fully saturated rings. The van der Waals surface area contributed by atoms with E-state index >= 15 is 0 Å². The van der Waals surface area contributed by atoms with Gasteiger partial charge in [0.05, 0.1) is 12.5 Å². The van der Waals surface area contributed by atoms with Gasteiger partial charge in [0.15, 0.2) is 0 Å². The molecule has 19 heavy (non-hydrogen) atoms. The number of aliphatic hydroxyl groups is 1. The van der Waals surface area contributed by atoms with E-state index in [1.54, 1.807) is 18.2 Å². The van der Waals surface area contributed by atoms with E-state index in [2.05, 4.69) is 5.32 Å². The number of hydrogen-bond donors (Lipinski definition) is 2. The molecule has 1 aromatic rings. The van der Waals surface area contributed by atoms with Gasteiger partial charge in [-0.15, -0.1) is 0 Å². The smallest absolute Gasteiger partial charge is 0.261 e. The predicted molar refractivity (Wildman–Crippen MR) is 65.2 cm³/mol. The van der Waals surface area contributed by atoms with Crippen molar-refractivity contribution < 1.29 is 23.4 Å². The molecule has 2 rings (SSSR count). The van der Waals surface area contributed by atoms with Crippen LogP contribution in [0.1, 0.15) is 23.7 Å². The molecule has 104 valence electrons. The van der Waals surface area contributed by atoms with Crippen molar-refractivity contribution in [2.75, 3.05) is 18.5 Å². The van der Waals surface area contributed by atoms with Crippen molar-refractivity contribution in [2.45, 2.75) is 25.4 Å². The Morgan fingerprint density at radius 2 is 2.21 bits per heavy atom. The molecule has 0 radical (unpaired) electrons. The van der Waals surface area contributed by atoms with Crippen LogP contribution in [0.4, 0.5) is 14.5 Å². The summed E-state index contributed by atoms with van der Waals surface area (Å²) in [5, 5.41) is 12.6. The van der Waals surface area contributed by atoms with Crippen LogP contribution < -0.4 is 5.32 Å². The SMILES string of the molecule is O=C1Cc2cc(C(O)CCOCC(F)F)ccc2N1. The molecule has 1 aliphatic heterocycles. The molecule has 6 heteroatoms. The number of nitrogens with one attached hydrogen (secondary N) is 1. The zero-order valence-electron chi connectivity index (χ0n) is 10.2. The molecular formula is C13H15F2NO3. The van der Waals surface area contributed by atoms with Crippen molar-refractivity contribution in [1.29, 1.82) is 0 Å². The molecule has 0 spiro atoms. The molecule has 1 unspecified atom stereocenters. The largest absolute Gasteiger partial charge is 0.388 e. The second kappa shape index (κ2) is 6.08. The lowest BCUT2D eigenvalue weighted by atomic mass is 10.0. The van der Waals surface area contributed by atoms with Gasteiger partial charge < -0.3 is 15.2 Å². The Morgan fingerprint density at radius 3 is 2.95 bits per heavy atom. The minimum absolute atomic E-state index is 0.0677. The van der Waals surface area contributed by atoms with Gasteiger partial charge in [0.25, 0.3) is 6.43 Å². The number of benzene rings is 1. The van der Waals surface area contributed by atoms with Gasteiger partial charge >= 0.3 is 0 Å². The Labute approximate surface area is 109 Å². The fourth-order valence-corrected chi connectivity index (χ4v) is 1.99. The summed E-state index contributed by atoms with van der Waals surface area (Å²) in [7, 11) is 0. The van der Waals surface area contributed by atoms with Gasteiger partial charge in [0, 0.05) is 18.7 Å². The van der Waals surface area contributed by atoms with Gasteiger partial charge in [-0.05, 0) is 17.2 Å². The van der Waals surface area contributed by atoms with Crippen LogP contribution in [0.15, 0.2) is 18.2 Å². The molecule has 1 aromatic carbocycles. The number of carbonyl (C=O) groups excluding carboxylic acids is 1. The summed E-state index contributed by atoms with van der Waals surface area (Å²) in [5.41, 5.74) is 2.26. The lowest BCUT2D eigenvalue weighted by molar-refractivity contribution is -0.115. The van der Waals surface area contributed by atoms with Crippen molar-refractivity contribution in [3.63, 3.8) is 0 Å². The number of fused-ring (bicyclic) bond motifs is 1. The van der Waals surface area contributed by atoms with Crippen LogP contribution in [-0.4, -0.2) is 30.7 Å². The second-order valence-electron chi connectivity index (χ2n) is 4.41. The summed E-state index contributed by atoms with van der Waals surface area (Å²) in [4.78, 5) is 11.2. The number of amides is 1. The molecule has 0 aliphatic carbocycles. The summed E-state index contributed by atoms with van der Waals surface area (Å²) in [6.45, 7) is -0.547. The van der Waals surface area contributed by atoms with Crippen LogP contribution in [0.2, 0.25) is 0 Å². The van der Waals surface area contributed by atoms with Crippen LogP contribution in [0.5, 0.6) is 0 Å². The minimum atomic E-state index is -2.49. The van der Waals surface area contributed by atoms with Gasteiger partial charge in [0.2, 0.25) is 5.91 Å². The third-order valence-corrected chi connectivity index (χ3v) is 2.92. The number of alkyl halides is 2. The topological polar surface area (TPSA) is 58.6 Å². The van der Waals surface area contributed by atoms with E-state index in [1.165, 1.54) is 0 Å². The Balaban J connectivity index is 1.88. The average Bonchev–Trinajstić information content (AvgIpc) is 2.73. The summed E-state index contributed by atoms with van der Waals surface area (Å²) in [5.74, 6) is -0.0677. The monoisotopic (exact) mass is 271 g/mol. The molecule has 1 aliphatic rings. The highest BCUT2D eigenvalue weighted by Gasteiger charge is 2.19. The molecular weight excluding hydrogens is 256 g/mol. The molecule has 2 N–H and O–H groups in total. The number of aliphatic hydroxyl groups excluding tert-OH is 1. The average molecular weight is 271 g/mol. The first kappa shape index (κ1) is 13.9. The summed E-state index contributed by atoms with van der Waals surface area (Å²) in [6.07, 6.45) is -2.72. The van der Waals surface area contributed by atoms with Crippen LogP contribution in [0.3, 0.4) is 0 Å². The number of anilines is 1. The first-order chi connectivity index (χ1) is 9.06. The molecule has 1 amide bonds. The van der Waals surface area contributed by atoms with Gasteiger partial charge in [-0.1, -0.05) is 12.1 Å². The van der Waals surface area contributed by atoms with Gasteiger partial charge in [-0.3, -0.25) is 4.79 Å². The molecule has 0 bridgehead atoms. The van der Waals surface area contributed by atoms with E-state index in [0.29, 0.717) is 12.0 Å². The summed E-state index contributed by atoms with van der Waals surface area (Å²) >= 11 is 0. The van der Waals surface area contributed by atoms with E-state index in [1.807, 2.05) is 0 Å². The van der Waals surface area contributed by atoms with E-state index in [-0.39, 0.29) is 18.9 Å². The molecule has 0 saturated heterocycles. The van der Waals surface area contributed by atoms with Gasteiger partial charge in [-0.25, -0.2) is 8.78 Å². The number of ether oxygens (including phenoxy) is 1. The number of halogens is 2. The van der Waals surface area contributed by atoms with Crippen molar-refractivity contribution >= 4 is 11.6 Å². The Bertz CT molecular complexity index is 465. The fourth-order valence-electron chi connectivity index (χ4n) is 1.99. The van der Waals surface area contributed by atoms with E-state index in [0.717, 1.165) is 11.3 Å². The zero-order chi connectivity index (χ0) is 13.8. The highest BCUT2D eigenvalue weighted by molar-refractivity contribution is 5.99. The third-order valence-electron chi connectivity index (χ3n) is 2.92. The Hall–Kier alpha value is -1.53. The van der Waals surface area contributed by atoms with Gasteiger partial charge in [0.1, 0.15) is 6.61 Å². The van der Waals surface area contributed by atoms with Crippen LogP contribution in [0, 0.1) is 0 Å². The summed E-state index contributed by atoms with van der Waals surface area (Å²) < 4.78 is 28.4. The maximum Gasteiger partial charge on any atom is 0.261 e. The third kappa shape index (κ3) is 3.71. The van der Waals surface area contributed by atoms with Crippen molar-refractivity contribution in [3.05, 3.63) is 29.3 Å². The number of hydrogen-bond acceptors (Lipinski definition) is 3. The van der Waals surface area contributed by atoms with Crippen molar-refractivity contribution in [1.82, 2.24) is 0 Å². The van der Waals surface area contributed by atoms with Crippen LogP contribution in [-0.2, 0) is 16.0 Å². The Morgan fingerprint density at radius 1 is 1.42 bits per heavy atom. The van der Waals surface area contributed by atoms with Gasteiger partial charge in [-0.2, -0.15) is 0 Å². The maximum atomic E-state index is 11.8. The molecule has 0 saturated carbocycles. The predicted octanol–water partition coefficient (Wildman–Crippen LogP) is 1.89. The maximum absolute atomic E-state index is 11.8. The highest BCUT2D eigenvalue weighted by atomic mass is 19.3. The fraction of sp³-hybridized carbons (Fsp3) is 0.462. The normalized spacial score (nSPS) is 15.5. The second-order valence-corrected chi connectivity index (χ2v) is 4.41. The quantitative estimate of drug-likeness (QED) is 0.777. The first-order valence-electron chi connectivity index (χ1n) is 6.03. The first-order valence-corrected chi connectivity index (χ1v) is 6.03. The Kier molecular flexibility index (Phi) is 4.44. The standard InChI is InChI=1S/C13H15F2NO3/c14-12(15)7-19-4-3-11(17)8-1-2-10-9(5-8)6-13(18)16-10/h1-2,5,11-12,17H,3-4,6-7H2,(H,16,18). The van der Waals surface area contributed by atoms with Crippen LogP contribution in [0.25, 0.3) is 0 Å². The van der Waals surface area contributed by atoms with E-state index < -0.39 is 19.1 Å². The minimum Gasteiger partial charge on any atom is -0.388 e. The zero-order valence-corrected chi connectivity index (χ0v) is 10.2. The summed E-state index contributed by atoms with van der Waals surface area (Å²) in [6, 6.07) is 5.20. The van der Waals surface area contributed by atoms with Crippen molar-refractivity contribution in [2.24, 2.45) is 0 Å². The molecule has 4 nitrogen and oxygen atoms in total. The van der Waals surface area contributed by atoms with E-state index in [4.69, 9.17) is 4.74 Å². The van der Waals surface area contributed by atoms with Crippen LogP contribution >= 0.6 is 0 Å². The molecule has 0 aromatic heterocycles. The van der Waals surface area contributed by atoms with Crippen molar-refractivity contribution in [3.8, 4) is 0 Å². The molecule has 1 atom stereocenters. The van der Waals surface area contributed by atoms with E-state index in [9.17, 15) is 18.7 Å². The molecule has 1 heterocycles.